The summed E-state index contributed by atoms with van der Waals surface area (Å²) in [5, 5.41) is 5.55. The first-order valence-corrected chi connectivity index (χ1v) is 7.16. The molecular weight excluding hydrogens is 272 g/mol. The number of benzene rings is 1. The highest BCUT2D eigenvalue weighted by Gasteiger charge is 2.04. The number of oxazole rings is 1. The number of nitrogens with zero attached hydrogens (tertiary/aromatic N) is 2. The Morgan fingerprint density at radius 1 is 1.35 bits per heavy atom. The van der Waals surface area contributed by atoms with E-state index in [2.05, 4.69) is 15.3 Å². The van der Waals surface area contributed by atoms with E-state index in [0.717, 1.165) is 28.9 Å². The molecule has 6 heteroatoms. The molecule has 0 fully saturated rings. The Morgan fingerprint density at radius 3 is 3.00 bits per heavy atom. The van der Waals surface area contributed by atoms with Gasteiger partial charge in [-0.2, -0.15) is 4.98 Å². The van der Waals surface area contributed by atoms with Gasteiger partial charge in [-0.25, -0.2) is 4.98 Å². The topological polar surface area (TPSA) is 77.0 Å². The zero-order valence-corrected chi connectivity index (χ0v) is 11.8. The SMILES string of the molecule is CCNc1nc2ccc(/C=C/c3csc(N)n3)cc2o1. The zero-order chi connectivity index (χ0) is 13.9. The molecule has 3 rings (SSSR count). The summed E-state index contributed by atoms with van der Waals surface area (Å²) in [4.78, 5) is 8.52. The van der Waals surface area contributed by atoms with Crippen molar-refractivity contribution in [1.29, 1.82) is 0 Å². The van der Waals surface area contributed by atoms with Crippen LogP contribution in [0.4, 0.5) is 11.1 Å². The third-order valence-electron chi connectivity index (χ3n) is 2.73. The molecule has 0 atom stereocenters. The van der Waals surface area contributed by atoms with Gasteiger partial charge in [-0.3, -0.25) is 0 Å². The second-order valence-corrected chi connectivity index (χ2v) is 5.11. The first-order chi connectivity index (χ1) is 9.74. The first kappa shape index (κ1) is 12.7. The summed E-state index contributed by atoms with van der Waals surface area (Å²) < 4.78 is 5.62. The number of nitrogens with one attached hydrogen (secondary N) is 1. The lowest BCUT2D eigenvalue weighted by Crippen LogP contribution is -1.95. The number of nitrogen functional groups attached to an aromatic ring is 1. The first-order valence-electron chi connectivity index (χ1n) is 6.28. The summed E-state index contributed by atoms with van der Waals surface area (Å²) in [6.07, 6.45) is 3.90. The van der Waals surface area contributed by atoms with Crippen molar-refractivity contribution in [2.24, 2.45) is 0 Å². The second kappa shape index (κ2) is 5.34. The molecule has 0 unspecified atom stereocenters. The van der Waals surface area contributed by atoms with Gasteiger partial charge >= 0.3 is 0 Å². The number of hydrogen-bond donors (Lipinski definition) is 2. The molecule has 1 aromatic carbocycles. The Kier molecular flexibility index (Phi) is 3.39. The van der Waals surface area contributed by atoms with E-state index in [9.17, 15) is 0 Å². The van der Waals surface area contributed by atoms with Crippen LogP contribution in [-0.4, -0.2) is 16.5 Å². The van der Waals surface area contributed by atoms with Crippen molar-refractivity contribution in [3.05, 3.63) is 34.8 Å². The van der Waals surface area contributed by atoms with E-state index in [-0.39, 0.29) is 0 Å². The molecule has 102 valence electrons. The number of hydrogen-bond acceptors (Lipinski definition) is 6. The van der Waals surface area contributed by atoms with Crippen LogP contribution in [0.5, 0.6) is 0 Å². The van der Waals surface area contributed by atoms with Crippen molar-refractivity contribution < 1.29 is 4.42 Å². The van der Waals surface area contributed by atoms with Gasteiger partial charge < -0.3 is 15.5 Å². The van der Waals surface area contributed by atoms with Crippen LogP contribution in [0.15, 0.2) is 28.0 Å². The van der Waals surface area contributed by atoms with Crippen molar-refractivity contribution in [1.82, 2.24) is 9.97 Å². The summed E-state index contributed by atoms with van der Waals surface area (Å²) >= 11 is 1.43. The third kappa shape index (κ3) is 2.65. The maximum atomic E-state index is 5.62. The minimum atomic E-state index is 0.552. The normalized spacial score (nSPS) is 11.4. The molecule has 0 saturated heterocycles. The molecule has 0 amide bonds. The summed E-state index contributed by atoms with van der Waals surface area (Å²) in [7, 11) is 0. The fourth-order valence-corrected chi connectivity index (χ4v) is 2.36. The lowest BCUT2D eigenvalue weighted by Gasteiger charge is -1.92. The molecule has 2 aromatic heterocycles. The maximum absolute atomic E-state index is 5.62. The van der Waals surface area contributed by atoms with Crippen LogP contribution in [0, 0.1) is 0 Å². The largest absolute Gasteiger partial charge is 0.424 e. The fourth-order valence-electron chi connectivity index (χ4n) is 1.83. The molecule has 0 radical (unpaired) electrons. The van der Waals surface area contributed by atoms with Crippen LogP contribution < -0.4 is 11.1 Å². The molecule has 0 saturated carbocycles. The van der Waals surface area contributed by atoms with Gasteiger partial charge in [-0.1, -0.05) is 12.1 Å². The Balaban J connectivity index is 1.86. The minimum absolute atomic E-state index is 0.552. The summed E-state index contributed by atoms with van der Waals surface area (Å²) in [6, 6.07) is 6.44. The Bertz CT molecular complexity index is 759. The Labute approximate surface area is 120 Å². The number of nitrogens with two attached hydrogens (primary N) is 1. The molecular formula is C14H14N4OS. The number of anilines is 2. The van der Waals surface area contributed by atoms with E-state index >= 15 is 0 Å². The van der Waals surface area contributed by atoms with Gasteiger partial charge in [-0.05, 0) is 30.7 Å². The average Bonchev–Trinajstić information content (AvgIpc) is 3.02. The van der Waals surface area contributed by atoms with Crippen molar-refractivity contribution in [3.63, 3.8) is 0 Å². The Hall–Kier alpha value is -2.34. The summed E-state index contributed by atoms with van der Waals surface area (Å²) in [6.45, 7) is 2.79. The molecule has 2 heterocycles. The lowest BCUT2D eigenvalue weighted by atomic mass is 10.2. The molecule has 0 aliphatic heterocycles. The number of rotatable bonds is 4. The lowest BCUT2D eigenvalue weighted by molar-refractivity contribution is 0.616. The van der Waals surface area contributed by atoms with Gasteiger partial charge in [0.15, 0.2) is 10.7 Å². The van der Waals surface area contributed by atoms with Crippen molar-refractivity contribution in [3.8, 4) is 0 Å². The minimum Gasteiger partial charge on any atom is -0.424 e. The highest BCUT2D eigenvalue weighted by Crippen LogP contribution is 2.21. The predicted octanol–water partition coefficient (Wildman–Crippen LogP) is 3.47. The van der Waals surface area contributed by atoms with Crippen LogP contribution in [0.25, 0.3) is 23.3 Å². The Morgan fingerprint density at radius 2 is 2.25 bits per heavy atom. The maximum Gasteiger partial charge on any atom is 0.295 e. The van der Waals surface area contributed by atoms with Gasteiger partial charge in [0.2, 0.25) is 0 Å². The number of fused-ring (bicyclic) bond motifs is 1. The van der Waals surface area contributed by atoms with E-state index in [1.807, 2.05) is 42.7 Å². The monoisotopic (exact) mass is 286 g/mol. The molecule has 0 spiro atoms. The quantitative estimate of drug-likeness (QED) is 0.768. The van der Waals surface area contributed by atoms with Gasteiger partial charge in [0.05, 0.1) is 5.69 Å². The molecule has 0 bridgehead atoms. The van der Waals surface area contributed by atoms with E-state index in [0.29, 0.717) is 11.1 Å². The van der Waals surface area contributed by atoms with Crippen LogP contribution in [0.3, 0.4) is 0 Å². The standard InChI is InChI=1S/C14H14N4OS/c1-2-16-14-18-11-6-4-9(7-12(11)19-14)3-5-10-8-20-13(15)17-10/h3-8H,2H2,1H3,(H2,15,17)(H,16,18)/b5-3+. The van der Waals surface area contributed by atoms with Gasteiger partial charge in [0, 0.05) is 11.9 Å². The zero-order valence-electron chi connectivity index (χ0n) is 11.0. The van der Waals surface area contributed by atoms with Gasteiger partial charge in [0.25, 0.3) is 6.01 Å². The van der Waals surface area contributed by atoms with Gasteiger partial charge in [0.1, 0.15) is 5.52 Å². The third-order valence-corrected chi connectivity index (χ3v) is 3.42. The summed E-state index contributed by atoms with van der Waals surface area (Å²) in [5.41, 5.74) is 9.10. The smallest absolute Gasteiger partial charge is 0.295 e. The molecule has 20 heavy (non-hydrogen) atoms. The molecule has 3 N–H and O–H groups in total. The average molecular weight is 286 g/mol. The van der Waals surface area contributed by atoms with Crippen LogP contribution in [0.2, 0.25) is 0 Å². The number of aromatic nitrogens is 2. The van der Waals surface area contributed by atoms with E-state index < -0.39 is 0 Å². The van der Waals surface area contributed by atoms with Crippen molar-refractivity contribution in [2.45, 2.75) is 6.92 Å². The fraction of sp³-hybridized carbons (Fsp3) is 0.143. The van der Waals surface area contributed by atoms with Gasteiger partial charge in [-0.15, -0.1) is 11.3 Å². The molecule has 0 aliphatic carbocycles. The van der Waals surface area contributed by atoms with Crippen molar-refractivity contribution in [2.75, 3.05) is 17.6 Å². The highest BCUT2D eigenvalue weighted by molar-refractivity contribution is 7.13. The van der Waals surface area contributed by atoms with Crippen LogP contribution in [0.1, 0.15) is 18.2 Å². The van der Waals surface area contributed by atoms with E-state index in [1.54, 1.807) is 0 Å². The van der Waals surface area contributed by atoms with Crippen LogP contribution >= 0.6 is 11.3 Å². The van der Waals surface area contributed by atoms with Crippen LogP contribution in [-0.2, 0) is 0 Å². The highest BCUT2D eigenvalue weighted by atomic mass is 32.1. The summed E-state index contributed by atoms with van der Waals surface area (Å²) in [5.74, 6) is 0. The molecule has 3 aromatic rings. The molecule has 5 nitrogen and oxygen atoms in total. The van der Waals surface area contributed by atoms with E-state index in [1.165, 1.54) is 11.3 Å². The van der Waals surface area contributed by atoms with E-state index in [4.69, 9.17) is 10.2 Å². The number of thiazole rings is 1. The molecule has 0 aliphatic rings. The second-order valence-electron chi connectivity index (χ2n) is 4.22. The predicted molar refractivity (Wildman–Crippen MR) is 83.6 cm³/mol. The van der Waals surface area contributed by atoms with Crippen molar-refractivity contribution >= 4 is 45.7 Å².